The Balaban J connectivity index is 1.69. The molecule has 3 aromatic rings. The van der Waals surface area contributed by atoms with Crippen LogP contribution < -0.4 is 10.1 Å². The maximum absolute atomic E-state index is 14.0. The van der Waals surface area contributed by atoms with Crippen molar-refractivity contribution < 1.29 is 18.3 Å². The molecule has 0 spiro atoms. The first-order chi connectivity index (χ1) is 12.5. The SMILES string of the molecule is CC(=O)Nc1ccc2c(c1)OCc1cc(-c3c(F)cccc3F)nn1C2. The molecule has 7 heteroatoms. The summed E-state index contributed by atoms with van der Waals surface area (Å²) >= 11 is 0. The van der Waals surface area contributed by atoms with E-state index in [2.05, 4.69) is 10.4 Å². The fraction of sp³-hybridized carbons (Fsp3) is 0.158. The van der Waals surface area contributed by atoms with E-state index in [1.54, 1.807) is 22.9 Å². The highest BCUT2D eigenvalue weighted by molar-refractivity contribution is 5.88. The van der Waals surface area contributed by atoms with Gasteiger partial charge in [0.2, 0.25) is 5.91 Å². The summed E-state index contributed by atoms with van der Waals surface area (Å²) in [5.41, 5.74) is 2.30. The van der Waals surface area contributed by atoms with E-state index in [4.69, 9.17) is 4.74 Å². The monoisotopic (exact) mass is 355 g/mol. The molecule has 4 rings (SSSR count). The predicted molar refractivity (Wildman–Crippen MR) is 91.8 cm³/mol. The Bertz CT molecular complexity index is 994. The van der Waals surface area contributed by atoms with E-state index in [9.17, 15) is 13.6 Å². The van der Waals surface area contributed by atoms with Crippen molar-refractivity contribution >= 4 is 11.6 Å². The van der Waals surface area contributed by atoms with Gasteiger partial charge in [-0.3, -0.25) is 9.48 Å². The van der Waals surface area contributed by atoms with Crippen LogP contribution in [0.2, 0.25) is 0 Å². The van der Waals surface area contributed by atoms with Gasteiger partial charge in [-0.2, -0.15) is 5.10 Å². The quantitative estimate of drug-likeness (QED) is 0.762. The Morgan fingerprint density at radius 1 is 1.19 bits per heavy atom. The topological polar surface area (TPSA) is 56.1 Å². The van der Waals surface area contributed by atoms with E-state index in [1.807, 2.05) is 6.07 Å². The van der Waals surface area contributed by atoms with E-state index < -0.39 is 11.6 Å². The number of carbonyl (C=O) groups is 1. The molecule has 0 saturated heterocycles. The highest BCUT2D eigenvalue weighted by atomic mass is 19.1. The molecule has 2 aromatic carbocycles. The fourth-order valence-corrected chi connectivity index (χ4v) is 2.99. The summed E-state index contributed by atoms with van der Waals surface area (Å²) in [6.45, 7) is 2.05. The van der Waals surface area contributed by atoms with Gasteiger partial charge in [0.25, 0.3) is 0 Å². The van der Waals surface area contributed by atoms with E-state index in [1.165, 1.54) is 25.1 Å². The van der Waals surface area contributed by atoms with Gasteiger partial charge in [0.1, 0.15) is 24.0 Å². The summed E-state index contributed by atoms with van der Waals surface area (Å²) in [5.74, 6) is -0.831. The van der Waals surface area contributed by atoms with Crippen LogP contribution in [-0.4, -0.2) is 15.7 Å². The number of aromatic nitrogens is 2. The molecule has 1 amide bonds. The first kappa shape index (κ1) is 16.3. The zero-order valence-electron chi connectivity index (χ0n) is 13.9. The summed E-state index contributed by atoms with van der Waals surface area (Å²) < 4.78 is 35.5. The number of anilines is 1. The lowest BCUT2D eigenvalue weighted by Gasteiger charge is -2.09. The van der Waals surface area contributed by atoms with Crippen molar-refractivity contribution in [2.24, 2.45) is 0 Å². The molecule has 0 aliphatic carbocycles. The summed E-state index contributed by atoms with van der Waals surface area (Å²) in [4.78, 5) is 11.2. The first-order valence-corrected chi connectivity index (χ1v) is 8.05. The van der Waals surface area contributed by atoms with E-state index in [-0.39, 0.29) is 23.8 Å². The minimum absolute atomic E-state index is 0.144. The standard InChI is InChI=1S/C19H15F2N3O2/c1-11(25)22-13-6-5-12-9-24-14(10-26-18(12)7-13)8-17(23-24)19-15(20)3-2-4-16(19)21/h2-8H,9-10H2,1H3,(H,22,25). The lowest BCUT2D eigenvalue weighted by Crippen LogP contribution is -2.06. The molecule has 5 nitrogen and oxygen atoms in total. The van der Waals surface area contributed by atoms with Gasteiger partial charge in [-0.05, 0) is 24.3 Å². The normalized spacial score (nSPS) is 12.6. The fourth-order valence-electron chi connectivity index (χ4n) is 2.99. The Hall–Kier alpha value is -3.22. The average molecular weight is 355 g/mol. The Morgan fingerprint density at radius 3 is 2.69 bits per heavy atom. The largest absolute Gasteiger partial charge is 0.487 e. The van der Waals surface area contributed by atoms with Crippen molar-refractivity contribution in [1.82, 2.24) is 9.78 Å². The third kappa shape index (κ3) is 2.92. The van der Waals surface area contributed by atoms with Crippen LogP contribution >= 0.6 is 0 Å². The molecule has 2 heterocycles. The molecule has 132 valence electrons. The number of ether oxygens (including phenoxy) is 1. The second-order valence-electron chi connectivity index (χ2n) is 6.07. The minimum Gasteiger partial charge on any atom is -0.487 e. The number of fused-ring (bicyclic) bond motifs is 2. The molecule has 1 N–H and O–H groups in total. The molecule has 0 fully saturated rings. The number of hydrogen-bond acceptors (Lipinski definition) is 3. The van der Waals surface area contributed by atoms with Crippen molar-refractivity contribution in [1.29, 1.82) is 0 Å². The van der Waals surface area contributed by atoms with Crippen LogP contribution in [0.3, 0.4) is 0 Å². The smallest absolute Gasteiger partial charge is 0.221 e. The third-order valence-corrected chi connectivity index (χ3v) is 4.17. The van der Waals surface area contributed by atoms with Gasteiger partial charge in [-0.1, -0.05) is 12.1 Å². The van der Waals surface area contributed by atoms with E-state index >= 15 is 0 Å². The van der Waals surface area contributed by atoms with Crippen molar-refractivity contribution in [2.75, 3.05) is 5.32 Å². The van der Waals surface area contributed by atoms with Crippen LogP contribution in [0, 0.1) is 11.6 Å². The molecule has 0 bridgehead atoms. The zero-order valence-corrected chi connectivity index (χ0v) is 13.9. The van der Waals surface area contributed by atoms with Crippen molar-refractivity contribution in [2.45, 2.75) is 20.1 Å². The Kier molecular flexibility index (Phi) is 3.91. The van der Waals surface area contributed by atoms with Crippen LogP contribution in [0.4, 0.5) is 14.5 Å². The molecule has 0 radical (unpaired) electrons. The molecule has 0 saturated carbocycles. The lowest BCUT2D eigenvalue weighted by molar-refractivity contribution is -0.114. The third-order valence-electron chi connectivity index (χ3n) is 4.17. The minimum atomic E-state index is -0.653. The number of nitrogens with zero attached hydrogens (tertiary/aromatic N) is 2. The van der Waals surface area contributed by atoms with Crippen LogP contribution in [0.25, 0.3) is 11.3 Å². The van der Waals surface area contributed by atoms with Gasteiger partial charge >= 0.3 is 0 Å². The van der Waals surface area contributed by atoms with Crippen molar-refractivity contribution in [3.05, 3.63) is 65.4 Å². The predicted octanol–water partition coefficient (Wildman–Crippen LogP) is 3.73. The Labute approximate surface area is 148 Å². The molecule has 1 aliphatic rings. The summed E-state index contributed by atoms with van der Waals surface area (Å²) in [6, 6.07) is 10.7. The number of nitrogens with one attached hydrogen (secondary N) is 1. The number of hydrogen-bond donors (Lipinski definition) is 1. The first-order valence-electron chi connectivity index (χ1n) is 8.05. The van der Waals surface area contributed by atoms with Crippen molar-refractivity contribution in [3.63, 3.8) is 0 Å². The van der Waals surface area contributed by atoms with Crippen LogP contribution in [0.1, 0.15) is 18.2 Å². The van der Waals surface area contributed by atoms with E-state index in [0.29, 0.717) is 23.7 Å². The molecule has 26 heavy (non-hydrogen) atoms. The highest BCUT2D eigenvalue weighted by Crippen LogP contribution is 2.31. The van der Waals surface area contributed by atoms with Gasteiger partial charge in [0, 0.05) is 24.2 Å². The maximum atomic E-state index is 14.0. The van der Waals surface area contributed by atoms with Crippen LogP contribution in [-0.2, 0) is 17.9 Å². The number of carbonyl (C=O) groups excluding carboxylic acids is 1. The highest BCUT2D eigenvalue weighted by Gasteiger charge is 2.20. The van der Waals surface area contributed by atoms with Gasteiger partial charge < -0.3 is 10.1 Å². The summed E-state index contributed by atoms with van der Waals surface area (Å²) in [6.07, 6.45) is 0. The molecule has 0 atom stereocenters. The summed E-state index contributed by atoms with van der Waals surface area (Å²) in [7, 11) is 0. The number of halogens is 2. The van der Waals surface area contributed by atoms with Crippen molar-refractivity contribution in [3.8, 4) is 17.0 Å². The van der Waals surface area contributed by atoms with Gasteiger partial charge in [0.05, 0.1) is 23.5 Å². The lowest BCUT2D eigenvalue weighted by atomic mass is 10.1. The summed E-state index contributed by atoms with van der Waals surface area (Å²) in [5, 5.41) is 7.07. The number of rotatable bonds is 2. The molecular weight excluding hydrogens is 340 g/mol. The average Bonchev–Trinajstić information content (AvgIpc) is 2.88. The van der Waals surface area contributed by atoms with Gasteiger partial charge in [0.15, 0.2) is 0 Å². The van der Waals surface area contributed by atoms with Crippen LogP contribution in [0.5, 0.6) is 5.75 Å². The van der Waals surface area contributed by atoms with Crippen LogP contribution in [0.15, 0.2) is 42.5 Å². The maximum Gasteiger partial charge on any atom is 0.221 e. The zero-order chi connectivity index (χ0) is 18.3. The molecule has 0 unspecified atom stereocenters. The molecule has 1 aliphatic heterocycles. The van der Waals surface area contributed by atoms with Gasteiger partial charge in [-0.25, -0.2) is 8.78 Å². The second-order valence-corrected chi connectivity index (χ2v) is 6.07. The van der Waals surface area contributed by atoms with E-state index in [0.717, 1.165) is 5.56 Å². The number of amides is 1. The Morgan fingerprint density at radius 2 is 1.96 bits per heavy atom. The second kappa shape index (κ2) is 6.25. The number of benzene rings is 2. The molecule has 1 aromatic heterocycles. The molecular formula is C19H15F2N3O2. The van der Waals surface area contributed by atoms with Gasteiger partial charge in [-0.15, -0.1) is 0 Å².